The summed E-state index contributed by atoms with van der Waals surface area (Å²) in [5, 5.41) is 0. The van der Waals surface area contributed by atoms with E-state index in [2.05, 4.69) is 51.4 Å². The fourth-order valence-electron chi connectivity index (χ4n) is 3.18. The van der Waals surface area contributed by atoms with Crippen molar-refractivity contribution in [3.8, 4) is 0 Å². The van der Waals surface area contributed by atoms with Crippen LogP contribution in [0.25, 0.3) is 0 Å². The van der Waals surface area contributed by atoms with Crippen LogP contribution < -0.4 is 0 Å². The van der Waals surface area contributed by atoms with Gasteiger partial charge in [-0.1, -0.05) is 88.6 Å². The van der Waals surface area contributed by atoms with Gasteiger partial charge in [0.25, 0.3) is 10.1 Å². The number of nitrogens with zero attached hydrogens (tertiary/aromatic N) is 1. The molecule has 4 nitrogen and oxygen atoms in total. The first-order valence-corrected chi connectivity index (χ1v) is 12.3. The highest BCUT2D eigenvalue weighted by molar-refractivity contribution is 7.85. The molecule has 0 radical (unpaired) electrons. The van der Waals surface area contributed by atoms with Gasteiger partial charge in [0.2, 0.25) is 0 Å². The van der Waals surface area contributed by atoms with E-state index in [1.165, 1.54) is 76.3 Å². The van der Waals surface area contributed by atoms with Crippen molar-refractivity contribution in [1.82, 2.24) is 0 Å². The summed E-state index contributed by atoms with van der Waals surface area (Å²) in [6, 6.07) is 10.9. The lowest BCUT2D eigenvalue weighted by Gasteiger charge is -2.30. The van der Waals surface area contributed by atoms with Crippen LogP contribution in [-0.4, -0.2) is 44.3 Å². The number of hydrogen-bond donors (Lipinski definition) is 1. The van der Waals surface area contributed by atoms with Gasteiger partial charge in [-0.2, -0.15) is 8.42 Å². The van der Waals surface area contributed by atoms with Crippen molar-refractivity contribution < 1.29 is 17.5 Å². The first-order chi connectivity index (χ1) is 12.6. The molecule has 0 atom stereocenters. The molecule has 0 heterocycles. The van der Waals surface area contributed by atoms with Crippen LogP contribution in [0.1, 0.15) is 76.7 Å². The summed E-state index contributed by atoms with van der Waals surface area (Å²) < 4.78 is 27.0. The Morgan fingerprint density at radius 1 is 0.815 bits per heavy atom. The van der Waals surface area contributed by atoms with Crippen LogP contribution in [0.2, 0.25) is 0 Å². The molecule has 1 aromatic rings. The minimum Gasteiger partial charge on any atom is -0.325 e. The Labute approximate surface area is 168 Å². The summed E-state index contributed by atoms with van der Waals surface area (Å²) in [6.07, 6.45) is 15.0. The topological polar surface area (TPSA) is 54.4 Å². The summed E-state index contributed by atoms with van der Waals surface area (Å²) in [5.41, 5.74) is 1.46. The molecule has 0 aliphatic rings. The van der Waals surface area contributed by atoms with Gasteiger partial charge in [-0.15, -0.1) is 0 Å². The first-order valence-electron chi connectivity index (χ1n) is 10.4. The molecule has 1 rings (SSSR count). The summed E-state index contributed by atoms with van der Waals surface area (Å²) in [6.45, 7) is 4.74. The van der Waals surface area contributed by atoms with E-state index >= 15 is 0 Å². The Morgan fingerprint density at radius 3 is 1.67 bits per heavy atom. The summed E-state index contributed by atoms with van der Waals surface area (Å²) in [4.78, 5) is 0. The zero-order chi connectivity index (χ0) is 20.6. The number of hydrogen-bond acceptors (Lipinski definition) is 2. The van der Waals surface area contributed by atoms with Gasteiger partial charge in [0.15, 0.2) is 0 Å². The van der Waals surface area contributed by atoms with Gasteiger partial charge in [-0.3, -0.25) is 4.55 Å². The van der Waals surface area contributed by atoms with E-state index in [0.717, 1.165) is 11.0 Å². The molecule has 5 heteroatoms. The van der Waals surface area contributed by atoms with E-state index in [-0.39, 0.29) is 0 Å². The molecule has 0 aliphatic heterocycles. The molecular weight excluding hydrogens is 358 g/mol. The van der Waals surface area contributed by atoms with Crippen LogP contribution in [-0.2, 0) is 16.7 Å². The van der Waals surface area contributed by atoms with Gasteiger partial charge >= 0.3 is 0 Å². The van der Waals surface area contributed by atoms with Crippen molar-refractivity contribution in [2.45, 2.75) is 77.7 Å². The van der Waals surface area contributed by atoms with Gasteiger partial charge in [-0.25, -0.2) is 0 Å². The van der Waals surface area contributed by atoms with Crippen LogP contribution in [0.15, 0.2) is 30.3 Å². The lowest BCUT2D eigenvalue weighted by molar-refractivity contribution is -0.903. The molecular formula is C22H42NO3S+. The standard InChI is InChI=1S/C21H38N.CH4O3S/c1-4-5-6-7-8-9-10-11-12-16-19-22(2,3)20-21-17-14-13-15-18-21;1-5(2,3)4/h13-15,17-18H,4-12,16,19-20H2,1-3H3;1H3,(H,2,3,4)/q+1;. The average molecular weight is 401 g/mol. The van der Waals surface area contributed by atoms with Crippen LogP contribution in [0.3, 0.4) is 0 Å². The third kappa shape index (κ3) is 21.2. The van der Waals surface area contributed by atoms with Gasteiger partial charge in [0, 0.05) is 5.56 Å². The molecule has 0 saturated heterocycles. The lowest BCUT2D eigenvalue weighted by Crippen LogP contribution is -2.39. The molecule has 27 heavy (non-hydrogen) atoms. The second kappa shape index (κ2) is 15.1. The molecule has 1 N–H and O–H groups in total. The quantitative estimate of drug-likeness (QED) is 0.263. The monoisotopic (exact) mass is 400 g/mol. The smallest absolute Gasteiger partial charge is 0.261 e. The summed E-state index contributed by atoms with van der Waals surface area (Å²) >= 11 is 0. The van der Waals surface area contributed by atoms with Crippen LogP contribution in [0, 0.1) is 0 Å². The molecule has 0 unspecified atom stereocenters. The molecule has 0 aromatic heterocycles. The van der Waals surface area contributed by atoms with E-state index in [1.54, 1.807) is 0 Å². The number of rotatable bonds is 13. The van der Waals surface area contributed by atoms with E-state index in [0.29, 0.717) is 6.26 Å². The summed E-state index contributed by atoms with van der Waals surface area (Å²) in [5.74, 6) is 0. The third-order valence-corrected chi connectivity index (χ3v) is 4.57. The van der Waals surface area contributed by atoms with Gasteiger partial charge < -0.3 is 4.48 Å². The largest absolute Gasteiger partial charge is 0.325 e. The van der Waals surface area contributed by atoms with Crippen molar-refractivity contribution in [3.63, 3.8) is 0 Å². The minimum atomic E-state index is -3.67. The highest BCUT2D eigenvalue weighted by Gasteiger charge is 2.14. The molecule has 158 valence electrons. The maximum Gasteiger partial charge on any atom is 0.261 e. The van der Waals surface area contributed by atoms with Crippen molar-refractivity contribution in [2.24, 2.45) is 0 Å². The van der Waals surface area contributed by atoms with E-state index in [1.807, 2.05) is 0 Å². The van der Waals surface area contributed by atoms with Gasteiger partial charge in [-0.05, 0) is 12.8 Å². The zero-order valence-electron chi connectivity index (χ0n) is 18.0. The Hall–Kier alpha value is -0.910. The second-order valence-corrected chi connectivity index (χ2v) is 9.68. The highest BCUT2D eigenvalue weighted by atomic mass is 32.2. The van der Waals surface area contributed by atoms with Crippen LogP contribution >= 0.6 is 0 Å². The number of unbranched alkanes of at least 4 members (excludes halogenated alkanes) is 9. The highest BCUT2D eigenvalue weighted by Crippen LogP contribution is 2.13. The molecule has 0 aliphatic carbocycles. The zero-order valence-corrected chi connectivity index (χ0v) is 18.8. The van der Waals surface area contributed by atoms with Crippen LogP contribution in [0.4, 0.5) is 0 Å². The van der Waals surface area contributed by atoms with Crippen molar-refractivity contribution in [1.29, 1.82) is 0 Å². The maximum atomic E-state index is 9.19. The fraction of sp³-hybridized carbons (Fsp3) is 0.727. The van der Waals surface area contributed by atoms with Crippen molar-refractivity contribution in [2.75, 3.05) is 26.9 Å². The normalized spacial score (nSPS) is 11.7. The second-order valence-electron chi connectivity index (χ2n) is 8.22. The van der Waals surface area contributed by atoms with E-state index in [9.17, 15) is 8.42 Å². The predicted octanol–water partition coefficient (Wildman–Crippen LogP) is 5.69. The molecule has 1 aromatic carbocycles. The molecule has 0 saturated carbocycles. The predicted molar refractivity (Wildman–Crippen MR) is 116 cm³/mol. The Bertz CT molecular complexity index is 548. The number of benzene rings is 1. The fourth-order valence-corrected chi connectivity index (χ4v) is 3.18. The van der Waals surface area contributed by atoms with Crippen molar-refractivity contribution in [3.05, 3.63) is 35.9 Å². The van der Waals surface area contributed by atoms with Crippen molar-refractivity contribution >= 4 is 10.1 Å². The Balaban J connectivity index is 0.00000119. The third-order valence-electron chi connectivity index (χ3n) is 4.57. The van der Waals surface area contributed by atoms with E-state index in [4.69, 9.17) is 4.55 Å². The molecule has 0 bridgehead atoms. The molecule has 0 fully saturated rings. The van der Waals surface area contributed by atoms with Crippen LogP contribution in [0.5, 0.6) is 0 Å². The Kier molecular flexibility index (Phi) is 14.6. The van der Waals surface area contributed by atoms with Gasteiger partial charge in [0.1, 0.15) is 6.54 Å². The number of quaternary nitrogens is 1. The first kappa shape index (κ1) is 26.1. The maximum absolute atomic E-state index is 9.19. The van der Waals surface area contributed by atoms with Gasteiger partial charge in [0.05, 0.1) is 26.9 Å². The average Bonchev–Trinajstić information content (AvgIpc) is 2.55. The van der Waals surface area contributed by atoms with E-state index < -0.39 is 10.1 Å². The summed E-state index contributed by atoms with van der Waals surface area (Å²) in [7, 11) is 1.06. The minimum absolute atomic E-state index is 0.715. The lowest BCUT2D eigenvalue weighted by atomic mass is 10.1. The molecule has 0 spiro atoms. The molecule has 0 amide bonds. The Morgan fingerprint density at radius 2 is 1.22 bits per heavy atom. The SMILES string of the molecule is CCCCCCCCCCCC[N+](C)(C)Cc1ccccc1.CS(=O)(=O)O.